The van der Waals surface area contributed by atoms with Crippen LogP contribution in [0.25, 0.3) is 0 Å². The topological polar surface area (TPSA) is 61.0 Å². The standard InChI is InChI=1S/C8H15N4O2.HI/c1-10-5-7(6-12(2,3)4)9-8(10)11(13)14;/h5H,6H2,1-4H3;1H/q+1;/p-1. The summed E-state index contributed by atoms with van der Waals surface area (Å²) in [4.78, 5) is 14.0. The van der Waals surface area contributed by atoms with Gasteiger partial charge in [-0.05, 0) is 4.92 Å². The molecule has 1 heterocycles. The van der Waals surface area contributed by atoms with Crippen LogP contribution in [-0.4, -0.2) is 40.1 Å². The van der Waals surface area contributed by atoms with Crippen molar-refractivity contribution in [1.29, 1.82) is 0 Å². The van der Waals surface area contributed by atoms with Gasteiger partial charge < -0.3 is 38.6 Å². The van der Waals surface area contributed by atoms with Crippen molar-refractivity contribution in [1.82, 2.24) is 9.55 Å². The number of quaternary nitrogens is 1. The maximum absolute atomic E-state index is 10.5. The molecule has 1 rings (SSSR count). The minimum atomic E-state index is -0.473. The van der Waals surface area contributed by atoms with Crippen molar-refractivity contribution < 1.29 is 33.4 Å². The lowest BCUT2D eigenvalue weighted by Gasteiger charge is -2.21. The second kappa shape index (κ2) is 4.88. The van der Waals surface area contributed by atoms with E-state index in [9.17, 15) is 10.1 Å². The van der Waals surface area contributed by atoms with Gasteiger partial charge in [-0.2, -0.15) is 0 Å². The van der Waals surface area contributed by atoms with Gasteiger partial charge in [-0.3, -0.25) is 0 Å². The van der Waals surface area contributed by atoms with E-state index in [1.807, 2.05) is 21.1 Å². The first-order valence-corrected chi connectivity index (χ1v) is 4.27. The van der Waals surface area contributed by atoms with Crippen LogP contribution in [0.3, 0.4) is 0 Å². The van der Waals surface area contributed by atoms with Crippen molar-refractivity contribution in [2.24, 2.45) is 7.05 Å². The molecule has 1 aromatic rings. The molecule has 0 atom stereocenters. The summed E-state index contributed by atoms with van der Waals surface area (Å²) in [5, 5.41) is 10.5. The molecule has 0 radical (unpaired) electrons. The number of aromatic nitrogens is 2. The fourth-order valence-electron chi connectivity index (χ4n) is 1.25. The van der Waals surface area contributed by atoms with Gasteiger partial charge in [-0.1, -0.05) is 4.98 Å². The molecule has 0 saturated carbocycles. The molecule has 0 N–H and O–H groups in total. The number of rotatable bonds is 3. The molecule has 0 spiro atoms. The van der Waals surface area contributed by atoms with Crippen LogP contribution in [0.1, 0.15) is 5.69 Å². The van der Waals surface area contributed by atoms with E-state index in [0.29, 0.717) is 11.0 Å². The molecule has 0 saturated heterocycles. The monoisotopic (exact) mass is 326 g/mol. The fourth-order valence-corrected chi connectivity index (χ4v) is 1.25. The quantitative estimate of drug-likeness (QED) is 0.268. The van der Waals surface area contributed by atoms with Crippen molar-refractivity contribution in [3.05, 3.63) is 22.0 Å². The van der Waals surface area contributed by atoms with Crippen molar-refractivity contribution in [3.8, 4) is 0 Å². The zero-order chi connectivity index (χ0) is 10.9. The van der Waals surface area contributed by atoms with E-state index >= 15 is 0 Å². The van der Waals surface area contributed by atoms with Crippen LogP contribution in [-0.2, 0) is 13.6 Å². The average Bonchev–Trinajstić information content (AvgIpc) is 2.26. The predicted octanol–water partition coefficient (Wildman–Crippen LogP) is -2.46. The molecule has 15 heavy (non-hydrogen) atoms. The Kier molecular flexibility index (Phi) is 4.65. The highest BCUT2D eigenvalue weighted by Crippen LogP contribution is 2.12. The highest BCUT2D eigenvalue weighted by molar-refractivity contribution is 5.12. The molecule has 7 heteroatoms. The van der Waals surface area contributed by atoms with Gasteiger partial charge in [0.2, 0.25) is 5.69 Å². The SMILES string of the molecule is Cn1cc(C[N+](C)(C)C)nc1[N+](=O)[O-].[I-]. The molecule has 0 fully saturated rings. The highest BCUT2D eigenvalue weighted by atomic mass is 127. The number of hydrogen-bond donors (Lipinski definition) is 0. The predicted molar refractivity (Wildman–Crippen MR) is 51.6 cm³/mol. The normalized spacial score (nSPS) is 10.9. The first-order chi connectivity index (χ1) is 6.29. The number of aryl methyl sites for hydroxylation is 1. The van der Waals surface area contributed by atoms with Crippen molar-refractivity contribution in [2.75, 3.05) is 21.1 Å². The third-order valence-electron chi connectivity index (χ3n) is 1.70. The van der Waals surface area contributed by atoms with E-state index < -0.39 is 4.92 Å². The van der Waals surface area contributed by atoms with E-state index in [0.717, 1.165) is 5.69 Å². The van der Waals surface area contributed by atoms with Gasteiger partial charge in [0.05, 0.1) is 28.2 Å². The lowest BCUT2D eigenvalue weighted by Crippen LogP contribution is -3.00. The van der Waals surface area contributed by atoms with Crippen molar-refractivity contribution >= 4 is 5.95 Å². The molecule has 86 valence electrons. The Morgan fingerprint density at radius 1 is 1.53 bits per heavy atom. The molecule has 6 nitrogen and oxygen atoms in total. The summed E-state index contributed by atoms with van der Waals surface area (Å²) in [5.41, 5.74) is 0.742. The lowest BCUT2D eigenvalue weighted by molar-refractivity contribution is -0.884. The van der Waals surface area contributed by atoms with E-state index in [2.05, 4.69) is 4.98 Å². The molecule has 0 aliphatic carbocycles. The number of halogens is 1. The maximum atomic E-state index is 10.5. The van der Waals surface area contributed by atoms with Crippen LogP contribution >= 0.6 is 0 Å². The Labute approximate surface area is 106 Å². The minimum Gasteiger partial charge on any atom is -1.00 e. The Morgan fingerprint density at radius 3 is 2.40 bits per heavy atom. The highest BCUT2D eigenvalue weighted by Gasteiger charge is 2.20. The molecular weight excluding hydrogens is 311 g/mol. The van der Waals surface area contributed by atoms with Crippen LogP contribution in [0.15, 0.2) is 6.20 Å². The molecule has 0 aromatic carbocycles. The van der Waals surface area contributed by atoms with Gasteiger partial charge in [0.1, 0.15) is 12.7 Å². The first-order valence-electron chi connectivity index (χ1n) is 4.27. The van der Waals surface area contributed by atoms with Crippen LogP contribution in [0.4, 0.5) is 5.95 Å². The average molecular weight is 326 g/mol. The third kappa shape index (κ3) is 4.12. The lowest BCUT2D eigenvalue weighted by atomic mass is 10.4. The molecule has 0 bridgehead atoms. The summed E-state index contributed by atoms with van der Waals surface area (Å²) < 4.78 is 2.14. The third-order valence-corrected chi connectivity index (χ3v) is 1.70. The second-order valence-electron chi connectivity index (χ2n) is 4.35. The Morgan fingerprint density at radius 2 is 2.07 bits per heavy atom. The molecule has 1 aromatic heterocycles. The molecule has 0 unspecified atom stereocenters. The second-order valence-corrected chi connectivity index (χ2v) is 4.35. The largest absolute Gasteiger partial charge is 1.00 e. The zero-order valence-corrected chi connectivity index (χ0v) is 11.4. The van der Waals surface area contributed by atoms with Gasteiger partial charge in [0, 0.05) is 0 Å². The molecule has 0 aliphatic heterocycles. The number of nitro groups is 1. The van der Waals surface area contributed by atoms with Gasteiger partial charge in [0.25, 0.3) is 0 Å². The summed E-state index contributed by atoms with van der Waals surface area (Å²) in [6, 6.07) is 0. The van der Waals surface area contributed by atoms with Gasteiger partial charge >= 0.3 is 5.95 Å². The summed E-state index contributed by atoms with van der Waals surface area (Å²) in [6.45, 7) is 0.682. The van der Waals surface area contributed by atoms with E-state index in [-0.39, 0.29) is 29.9 Å². The zero-order valence-electron chi connectivity index (χ0n) is 9.27. The van der Waals surface area contributed by atoms with E-state index in [1.54, 1.807) is 13.2 Å². The van der Waals surface area contributed by atoms with Crippen molar-refractivity contribution in [2.45, 2.75) is 6.54 Å². The van der Waals surface area contributed by atoms with Crippen LogP contribution < -0.4 is 24.0 Å². The van der Waals surface area contributed by atoms with Crippen LogP contribution in [0, 0.1) is 10.1 Å². The Hall–Kier alpha value is -0.700. The fraction of sp³-hybridized carbons (Fsp3) is 0.625. The number of nitrogens with zero attached hydrogens (tertiary/aromatic N) is 4. The van der Waals surface area contributed by atoms with Crippen molar-refractivity contribution in [3.63, 3.8) is 0 Å². The molecule has 0 aliphatic rings. The summed E-state index contributed by atoms with van der Waals surface area (Å²) in [6.07, 6.45) is 1.70. The Balaban J connectivity index is 0.00000196. The molecule has 0 amide bonds. The summed E-state index contributed by atoms with van der Waals surface area (Å²) >= 11 is 0. The number of hydrogen-bond acceptors (Lipinski definition) is 3. The van der Waals surface area contributed by atoms with Crippen LogP contribution in [0.5, 0.6) is 0 Å². The van der Waals surface area contributed by atoms with Crippen LogP contribution in [0.2, 0.25) is 0 Å². The van der Waals surface area contributed by atoms with E-state index in [1.165, 1.54) is 4.57 Å². The summed E-state index contributed by atoms with van der Waals surface area (Å²) in [5.74, 6) is -0.103. The first kappa shape index (κ1) is 14.3. The summed E-state index contributed by atoms with van der Waals surface area (Å²) in [7, 11) is 7.67. The van der Waals surface area contributed by atoms with Gasteiger partial charge in [-0.25, -0.2) is 4.57 Å². The minimum absolute atomic E-state index is 0. The van der Waals surface area contributed by atoms with Gasteiger partial charge in [0.15, 0.2) is 0 Å². The Bertz CT molecular complexity index is 356. The molecular formula is C8H15IN4O2. The number of imidazole rings is 1. The maximum Gasteiger partial charge on any atom is 0.434 e. The van der Waals surface area contributed by atoms with Gasteiger partial charge in [-0.15, -0.1) is 0 Å². The smallest absolute Gasteiger partial charge is 0.434 e. The van der Waals surface area contributed by atoms with E-state index in [4.69, 9.17) is 0 Å².